The predicted molar refractivity (Wildman–Crippen MR) is 82.0 cm³/mol. The van der Waals surface area contributed by atoms with Crippen molar-refractivity contribution in [2.24, 2.45) is 5.84 Å². The van der Waals surface area contributed by atoms with Gasteiger partial charge in [-0.15, -0.1) is 0 Å². The second kappa shape index (κ2) is 5.72. The lowest BCUT2D eigenvalue weighted by atomic mass is 10.3. The Labute approximate surface area is 124 Å². The highest BCUT2D eigenvalue weighted by molar-refractivity contribution is 14.1. The van der Waals surface area contributed by atoms with Crippen LogP contribution in [0.15, 0.2) is 47.5 Å². The van der Waals surface area contributed by atoms with Crippen molar-refractivity contribution in [1.82, 2.24) is 4.98 Å². The molecule has 0 aliphatic heterocycles. The minimum atomic E-state index is -3.73. The van der Waals surface area contributed by atoms with Crippen LogP contribution in [0, 0.1) is 3.57 Å². The summed E-state index contributed by atoms with van der Waals surface area (Å²) in [4.78, 5) is 3.86. The van der Waals surface area contributed by atoms with Gasteiger partial charge in [-0.1, -0.05) is 6.07 Å². The Morgan fingerprint density at radius 1 is 1.21 bits per heavy atom. The van der Waals surface area contributed by atoms with Crippen molar-refractivity contribution in [3.63, 3.8) is 0 Å². The van der Waals surface area contributed by atoms with E-state index in [2.05, 4.69) is 37.7 Å². The molecule has 0 aliphatic carbocycles. The molecular weight excluding hydrogens is 379 g/mol. The lowest BCUT2D eigenvalue weighted by Gasteiger charge is -2.11. The minimum Gasteiger partial charge on any atom is -0.307 e. The monoisotopic (exact) mass is 390 g/mol. The summed E-state index contributed by atoms with van der Waals surface area (Å²) in [6, 6.07) is 10.00. The van der Waals surface area contributed by atoms with E-state index in [1.165, 1.54) is 18.3 Å². The van der Waals surface area contributed by atoms with Gasteiger partial charge in [0.1, 0.15) is 4.90 Å². The number of sulfonamides is 1. The number of halogens is 1. The SMILES string of the molecule is NNc1ncccc1S(=O)(=O)Nc1cccc(I)c1. The van der Waals surface area contributed by atoms with E-state index in [9.17, 15) is 8.42 Å². The van der Waals surface area contributed by atoms with Crippen LogP contribution in [-0.4, -0.2) is 13.4 Å². The Morgan fingerprint density at radius 2 is 2.00 bits per heavy atom. The lowest BCUT2D eigenvalue weighted by molar-refractivity contribution is 0.601. The van der Waals surface area contributed by atoms with Gasteiger partial charge in [0.05, 0.1) is 0 Å². The number of rotatable bonds is 4. The van der Waals surface area contributed by atoms with Crippen LogP contribution in [0.2, 0.25) is 0 Å². The number of anilines is 2. The molecule has 19 heavy (non-hydrogen) atoms. The number of nitrogen functional groups attached to an aromatic ring is 1. The zero-order chi connectivity index (χ0) is 13.9. The van der Waals surface area contributed by atoms with Crippen molar-refractivity contribution in [3.05, 3.63) is 46.2 Å². The van der Waals surface area contributed by atoms with Crippen molar-refractivity contribution in [1.29, 1.82) is 0 Å². The van der Waals surface area contributed by atoms with Crippen LogP contribution >= 0.6 is 22.6 Å². The standard InChI is InChI=1S/C11H11IN4O2S/c12-8-3-1-4-9(7-8)16-19(17,18)10-5-2-6-14-11(10)15-13/h1-7,16H,13H2,(H,14,15). The van der Waals surface area contributed by atoms with Crippen LogP contribution in [0.5, 0.6) is 0 Å². The van der Waals surface area contributed by atoms with Crippen LogP contribution in [0.1, 0.15) is 0 Å². The Morgan fingerprint density at radius 3 is 2.68 bits per heavy atom. The molecule has 1 aromatic heterocycles. The third-order valence-corrected chi connectivity index (χ3v) is 4.36. The molecule has 2 rings (SSSR count). The van der Waals surface area contributed by atoms with Gasteiger partial charge in [-0.2, -0.15) is 0 Å². The number of nitrogens with zero attached hydrogens (tertiary/aromatic N) is 1. The highest BCUT2D eigenvalue weighted by Gasteiger charge is 2.19. The van der Waals surface area contributed by atoms with Crippen molar-refractivity contribution in [2.45, 2.75) is 4.90 Å². The molecule has 4 N–H and O–H groups in total. The summed E-state index contributed by atoms with van der Waals surface area (Å²) in [5, 5.41) is 0. The largest absolute Gasteiger partial charge is 0.307 e. The maximum atomic E-state index is 12.2. The number of nitrogens with one attached hydrogen (secondary N) is 2. The first-order valence-electron chi connectivity index (χ1n) is 5.23. The third-order valence-electron chi connectivity index (χ3n) is 2.27. The fourth-order valence-corrected chi connectivity index (χ4v) is 3.19. The molecule has 0 fully saturated rings. The zero-order valence-electron chi connectivity index (χ0n) is 9.67. The second-order valence-corrected chi connectivity index (χ2v) is 6.51. The first-order valence-corrected chi connectivity index (χ1v) is 7.79. The molecule has 8 heteroatoms. The molecule has 0 bridgehead atoms. The lowest BCUT2D eigenvalue weighted by Crippen LogP contribution is -2.18. The minimum absolute atomic E-state index is 0.00337. The Hall–Kier alpha value is -1.39. The highest BCUT2D eigenvalue weighted by atomic mass is 127. The van der Waals surface area contributed by atoms with Gasteiger partial charge >= 0.3 is 0 Å². The van der Waals surface area contributed by atoms with Gasteiger partial charge in [-0.25, -0.2) is 19.2 Å². The molecule has 2 aromatic rings. The van der Waals surface area contributed by atoms with Crippen LogP contribution in [0.25, 0.3) is 0 Å². The summed E-state index contributed by atoms with van der Waals surface area (Å²) in [6.45, 7) is 0. The van der Waals surface area contributed by atoms with Gasteiger partial charge in [0.25, 0.3) is 10.0 Å². The molecule has 0 unspecified atom stereocenters. The van der Waals surface area contributed by atoms with Gasteiger partial charge in [-0.05, 0) is 52.9 Å². The number of hydrazine groups is 1. The van der Waals surface area contributed by atoms with Crippen molar-refractivity contribution in [3.8, 4) is 0 Å². The second-order valence-electron chi connectivity index (χ2n) is 3.61. The van der Waals surface area contributed by atoms with Gasteiger partial charge in [-0.3, -0.25) is 4.72 Å². The van der Waals surface area contributed by atoms with E-state index in [1.807, 2.05) is 6.07 Å². The highest BCUT2D eigenvalue weighted by Crippen LogP contribution is 2.21. The molecule has 0 atom stereocenters. The molecule has 0 aliphatic rings. The van der Waals surface area contributed by atoms with Crippen molar-refractivity contribution < 1.29 is 8.42 Å². The van der Waals surface area contributed by atoms with Crippen LogP contribution in [0.4, 0.5) is 11.5 Å². The average Bonchev–Trinajstić information content (AvgIpc) is 2.38. The average molecular weight is 390 g/mol. The number of benzene rings is 1. The summed E-state index contributed by atoms with van der Waals surface area (Å²) in [5.41, 5.74) is 2.75. The smallest absolute Gasteiger partial charge is 0.265 e. The Balaban J connectivity index is 2.38. The van der Waals surface area contributed by atoms with Crippen LogP contribution in [0.3, 0.4) is 0 Å². The van der Waals surface area contributed by atoms with Crippen LogP contribution in [-0.2, 0) is 10.0 Å². The topological polar surface area (TPSA) is 97.1 Å². The van der Waals surface area contributed by atoms with Crippen LogP contribution < -0.4 is 16.0 Å². The van der Waals surface area contributed by atoms with Gasteiger partial charge in [0.2, 0.25) is 0 Å². The van der Waals surface area contributed by atoms with E-state index in [0.717, 1.165) is 3.57 Å². The summed E-state index contributed by atoms with van der Waals surface area (Å²) in [6.07, 6.45) is 1.46. The van der Waals surface area contributed by atoms with E-state index >= 15 is 0 Å². The van der Waals surface area contributed by atoms with Gasteiger partial charge in [0, 0.05) is 15.5 Å². The van der Waals surface area contributed by atoms with E-state index in [0.29, 0.717) is 5.69 Å². The molecule has 100 valence electrons. The summed E-state index contributed by atoms with van der Waals surface area (Å²) < 4.78 is 27.9. The van der Waals surface area contributed by atoms with E-state index in [4.69, 9.17) is 5.84 Å². The first-order chi connectivity index (χ1) is 9.03. The van der Waals surface area contributed by atoms with Gasteiger partial charge < -0.3 is 5.43 Å². The molecule has 6 nitrogen and oxygen atoms in total. The van der Waals surface area contributed by atoms with E-state index < -0.39 is 10.0 Å². The molecule has 0 saturated carbocycles. The third kappa shape index (κ3) is 3.33. The van der Waals surface area contributed by atoms with E-state index in [1.54, 1.807) is 18.2 Å². The fourth-order valence-electron chi connectivity index (χ4n) is 1.48. The number of pyridine rings is 1. The summed E-state index contributed by atoms with van der Waals surface area (Å²) in [7, 11) is -3.73. The summed E-state index contributed by atoms with van der Waals surface area (Å²) >= 11 is 2.11. The molecule has 0 saturated heterocycles. The molecule has 1 aromatic carbocycles. The first kappa shape index (κ1) is 14.0. The molecule has 0 amide bonds. The van der Waals surface area contributed by atoms with Gasteiger partial charge in [0.15, 0.2) is 5.82 Å². The fraction of sp³-hybridized carbons (Fsp3) is 0. The molecule has 1 heterocycles. The number of hydrogen-bond donors (Lipinski definition) is 3. The predicted octanol–water partition coefficient (Wildman–Crippen LogP) is 1.77. The quantitative estimate of drug-likeness (QED) is 0.420. The number of nitrogens with two attached hydrogens (primary N) is 1. The summed E-state index contributed by atoms with van der Waals surface area (Å²) in [5.74, 6) is 5.36. The number of hydrogen-bond acceptors (Lipinski definition) is 5. The maximum Gasteiger partial charge on any atom is 0.265 e. The molecule has 0 spiro atoms. The Bertz CT molecular complexity index is 691. The van der Waals surface area contributed by atoms with E-state index in [-0.39, 0.29) is 10.7 Å². The normalized spacial score (nSPS) is 11.1. The Kier molecular flexibility index (Phi) is 4.22. The maximum absolute atomic E-state index is 12.2. The van der Waals surface area contributed by atoms with Crippen molar-refractivity contribution >= 4 is 44.1 Å². The number of aromatic nitrogens is 1. The molecular formula is C11H11IN4O2S. The zero-order valence-corrected chi connectivity index (χ0v) is 12.6. The molecule has 0 radical (unpaired) electrons. The van der Waals surface area contributed by atoms with Crippen molar-refractivity contribution in [2.75, 3.05) is 10.1 Å².